The summed E-state index contributed by atoms with van der Waals surface area (Å²) in [5.74, 6) is 0. The van der Waals surface area contributed by atoms with E-state index in [4.69, 9.17) is 9.47 Å². The van der Waals surface area contributed by atoms with Crippen LogP contribution in [0.1, 0.15) is 39.0 Å². The highest BCUT2D eigenvalue weighted by molar-refractivity contribution is 4.72. The first-order chi connectivity index (χ1) is 5.91. The third-order valence-corrected chi connectivity index (χ3v) is 1.60. The van der Waals surface area contributed by atoms with E-state index in [9.17, 15) is 0 Å². The zero-order chi connectivity index (χ0) is 9.07. The van der Waals surface area contributed by atoms with Gasteiger partial charge in [-0.05, 0) is 18.9 Å². The molecule has 0 atom stereocenters. The quantitative estimate of drug-likeness (QED) is 0.318. The molecule has 0 bridgehead atoms. The minimum Gasteiger partial charge on any atom is -0.476 e. The molecule has 72 valence electrons. The van der Waals surface area contributed by atoms with Crippen molar-refractivity contribution in [1.29, 1.82) is 0 Å². The van der Waals surface area contributed by atoms with Crippen LogP contribution < -0.4 is 0 Å². The maximum atomic E-state index is 4.99. The van der Waals surface area contributed by atoms with Gasteiger partial charge in [-0.1, -0.05) is 26.2 Å². The summed E-state index contributed by atoms with van der Waals surface area (Å²) in [4.78, 5) is 0. The SMILES string of the molecule is CCCCCCC=COCOC. The van der Waals surface area contributed by atoms with Crippen molar-refractivity contribution < 1.29 is 9.47 Å². The Labute approximate surface area is 75.6 Å². The molecule has 0 saturated heterocycles. The second kappa shape index (κ2) is 10.5. The zero-order valence-electron chi connectivity index (χ0n) is 8.21. The summed E-state index contributed by atoms with van der Waals surface area (Å²) < 4.78 is 9.70. The molecule has 0 aliphatic carbocycles. The summed E-state index contributed by atoms with van der Waals surface area (Å²) in [5, 5.41) is 0. The number of allylic oxidation sites excluding steroid dienone is 1. The molecule has 0 amide bonds. The number of unbranched alkanes of at least 4 members (excludes halogenated alkanes) is 4. The van der Waals surface area contributed by atoms with Crippen LogP contribution in [0.5, 0.6) is 0 Å². The van der Waals surface area contributed by atoms with Gasteiger partial charge in [-0.15, -0.1) is 0 Å². The minimum absolute atomic E-state index is 0.353. The third kappa shape index (κ3) is 9.50. The molecule has 2 heteroatoms. The molecule has 0 heterocycles. The van der Waals surface area contributed by atoms with E-state index in [1.807, 2.05) is 0 Å². The second-order valence-corrected chi connectivity index (χ2v) is 2.79. The molecule has 0 aliphatic heterocycles. The first kappa shape index (κ1) is 11.5. The van der Waals surface area contributed by atoms with E-state index in [1.54, 1.807) is 13.4 Å². The van der Waals surface area contributed by atoms with E-state index < -0.39 is 0 Å². The average Bonchev–Trinajstić information content (AvgIpc) is 2.10. The molecule has 0 aromatic carbocycles. The molecule has 0 fully saturated rings. The summed E-state index contributed by atoms with van der Waals surface area (Å²) in [7, 11) is 1.62. The van der Waals surface area contributed by atoms with Crippen molar-refractivity contribution in [1.82, 2.24) is 0 Å². The van der Waals surface area contributed by atoms with Crippen LogP contribution in [0, 0.1) is 0 Å². The third-order valence-electron chi connectivity index (χ3n) is 1.60. The lowest BCUT2D eigenvalue weighted by Crippen LogP contribution is -1.87. The number of methoxy groups -OCH3 is 1. The lowest BCUT2D eigenvalue weighted by molar-refractivity contribution is 0.0196. The molecule has 0 saturated carbocycles. The summed E-state index contributed by atoms with van der Waals surface area (Å²) in [6.07, 6.45) is 10.1. The van der Waals surface area contributed by atoms with E-state index in [0.29, 0.717) is 6.79 Å². The van der Waals surface area contributed by atoms with Gasteiger partial charge >= 0.3 is 0 Å². The Kier molecular flexibility index (Phi) is 10.1. The molecule has 0 radical (unpaired) electrons. The van der Waals surface area contributed by atoms with Gasteiger partial charge in [0.15, 0.2) is 6.79 Å². The van der Waals surface area contributed by atoms with Crippen LogP contribution in [0.15, 0.2) is 12.3 Å². The highest BCUT2D eigenvalue weighted by atomic mass is 16.7. The van der Waals surface area contributed by atoms with E-state index >= 15 is 0 Å². The topological polar surface area (TPSA) is 18.5 Å². The molecule has 0 spiro atoms. The van der Waals surface area contributed by atoms with Crippen LogP contribution in [0.4, 0.5) is 0 Å². The predicted octanol–water partition coefficient (Wildman–Crippen LogP) is 3.09. The Morgan fingerprint density at radius 1 is 1.17 bits per heavy atom. The highest BCUT2D eigenvalue weighted by Crippen LogP contribution is 2.02. The number of hydrogen-bond donors (Lipinski definition) is 0. The van der Waals surface area contributed by atoms with Crippen LogP contribution in [0.2, 0.25) is 0 Å². The van der Waals surface area contributed by atoms with Crippen molar-refractivity contribution in [2.75, 3.05) is 13.9 Å². The van der Waals surface area contributed by atoms with Gasteiger partial charge < -0.3 is 9.47 Å². The van der Waals surface area contributed by atoms with Crippen LogP contribution in [0.3, 0.4) is 0 Å². The van der Waals surface area contributed by atoms with E-state index in [2.05, 4.69) is 13.0 Å². The number of rotatable bonds is 8. The van der Waals surface area contributed by atoms with E-state index in [-0.39, 0.29) is 0 Å². The Balaban J connectivity index is 2.92. The maximum Gasteiger partial charge on any atom is 0.187 e. The van der Waals surface area contributed by atoms with Crippen LogP contribution in [-0.2, 0) is 9.47 Å². The zero-order valence-corrected chi connectivity index (χ0v) is 8.21. The standard InChI is InChI=1S/C10H20O2/c1-3-4-5-6-7-8-9-12-10-11-2/h8-9H,3-7,10H2,1-2H3. The monoisotopic (exact) mass is 172 g/mol. The normalized spacial score (nSPS) is 10.8. The minimum atomic E-state index is 0.353. The van der Waals surface area contributed by atoms with Crippen LogP contribution in [0.25, 0.3) is 0 Å². The maximum absolute atomic E-state index is 4.99. The molecule has 0 aromatic heterocycles. The lowest BCUT2D eigenvalue weighted by Gasteiger charge is -1.96. The van der Waals surface area contributed by atoms with Crippen molar-refractivity contribution in [2.45, 2.75) is 39.0 Å². The molecule has 0 unspecified atom stereocenters. The largest absolute Gasteiger partial charge is 0.476 e. The number of hydrogen-bond acceptors (Lipinski definition) is 2. The van der Waals surface area contributed by atoms with Crippen molar-refractivity contribution in [3.05, 3.63) is 12.3 Å². The highest BCUT2D eigenvalue weighted by Gasteiger charge is 1.83. The Hall–Kier alpha value is -0.500. The average molecular weight is 172 g/mol. The van der Waals surface area contributed by atoms with Crippen LogP contribution in [-0.4, -0.2) is 13.9 Å². The Morgan fingerprint density at radius 3 is 2.67 bits per heavy atom. The van der Waals surface area contributed by atoms with Crippen LogP contribution >= 0.6 is 0 Å². The molecule has 12 heavy (non-hydrogen) atoms. The van der Waals surface area contributed by atoms with Gasteiger partial charge in [-0.3, -0.25) is 0 Å². The molecule has 0 N–H and O–H groups in total. The first-order valence-electron chi connectivity index (χ1n) is 4.67. The van der Waals surface area contributed by atoms with Gasteiger partial charge in [0.05, 0.1) is 6.26 Å². The van der Waals surface area contributed by atoms with Gasteiger partial charge in [-0.25, -0.2) is 0 Å². The molecule has 0 rings (SSSR count). The molecule has 2 nitrogen and oxygen atoms in total. The van der Waals surface area contributed by atoms with Gasteiger partial charge in [0.2, 0.25) is 0 Å². The molecule has 0 aliphatic rings. The van der Waals surface area contributed by atoms with Crippen molar-refractivity contribution in [3.63, 3.8) is 0 Å². The predicted molar refractivity (Wildman–Crippen MR) is 50.9 cm³/mol. The van der Waals surface area contributed by atoms with Gasteiger partial charge in [-0.2, -0.15) is 0 Å². The summed E-state index contributed by atoms with van der Waals surface area (Å²) >= 11 is 0. The number of ether oxygens (including phenoxy) is 2. The Morgan fingerprint density at radius 2 is 2.00 bits per heavy atom. The van der Waals surface area contributed by atoms with Crippen molar-refractivity contribution >= 4 is 0 Å². The fourth-order valence-corrected chi connectivity index (χ4v) is 0.932. The Bertz CT molecular complexity index is 100. The van der Waals surface area contributed by atoms with Gasteiger partial charge in [0.25, 0.3) is 0 Å². The van der Waals surface area contributed by atoms with Crippen molar-refractivity contribution in [2.24, 2.45) is 0 Å². The fraction of sp³-hybridized carbons (Fsp3) is 0.800. The molecule has 0 aromatic rings. The summed E-state index contributed by atoms with van der Waals surface area (Å²) in [6.45, 7) is 2.57. The first-order valence-corrected chi connectivity index (χ1v) is 4.67. The smallest absolute Gasteiger partial charge is 0.187 e. The fourth-order valence-electron chi connectivity index (χ4n) is 0.932. The molecular weight excluding hydrogens is 152 g/mol. The van der Waals surface area contributed by atoms with Gasteiger partial charge in [0.1, 0.15) is 0 Å². The second-order valence-electron chi connectivity index (χ2n) is 2.79. The molecular formula is C10H20O2. The summed E-state index contributed by atoms with van der Waals surface area (Å²) in [5.41, 5.74) is 0. The van der Waals surface area contributed by atoms with E-state index in [1.165, 1.54) is 25.7 Å². The van der Waals surface area contributed by atoms with E-state index in [0.717, 1.165) is 6.42 Å². The lowest BCUT2D eigenvalue weighted by atomic mass is 10.2. The van der Waals surface area contributed by atoms with Crippen molar-refractivity contribution in [3.8, 4) is 0 Å². The van der Waals surface area contributed by atoms with Gasteiger partial charge in [0, 0.05) is 7.11 Å². The summed E-state index contributed by atoms with van der Waals surface area (Å²) in [6, 6.07) is 0.